The van der Waals surface area contributed by atoms with Gasteiger partial charge in [-0.05, 0) is 43.9 Å². The molecule has 1 aromatic carbocycles. The summed E-state index contributed by atoms with van der Waals surface area (Å²) in [6.07, 6.45) is 2.36. The van der Waals surface area contributed by atoms with E-state index in [1.807, 2.05) is 31.2 Å². The van der Waals surface area contributed by atoms with E-state index in [2.05, 4.69) is 16.0 Å². The van der Waals surface area contributed by atoms with Gasteiger partial charge in [-0.15, -0.1) is 0 Å². The van der Waals surface area contributed by atoms with Crippen molar-refractivity contribution in [2.75, 3.05) is 11.9 Å². The number of rotatable bonds is 8. The van der Waals surface area contributed by atoms with Crippen LogP contribution in [0.5, 0.6) is 0 Å². The van der Waals surface area contributed by atoms with Crippen molar-refractivity contribution < 1.29 is 19.5 Å². The number of nitrogens with one attached hydrogen (secondary N) is 3. The van der Waals surface area contributed by atoms with E-state index in [1.54, 1.807) is 0 Å². The second kappa shape index (κ2) is 8.33. The third kappa shape index (κ3) is 5.91. The van der Waals surface area contributed by atoms with E-state index in [0.717, 1.165) is 24.1 Å². The van der Waals surface area contributed by atoms with Crippen LogP contribution in [0.3, 0.4) is 0 Å². The zero-order valence-electron chi connectivity index (χ0n) is 13.7. The van der Waals surface area contributed by atoms with Crippen LogP contribution in [-0.2, 0) is 9.59 Å². The molecular weight excluding hydrogens is 310 g/mol. The van der Waals surface area contributed by atoms with E-state index in [-0.39, 0.29) is 30.3 Å². The Morgan fingerprint density at radius 1 is 1.21 bits per heavy atom. The molecule has 1 aliphatic rings. The molecule has 24 heavy (non-hydrogen) atoms. The highest BCUT2D eigenvalue weighted by Gasteiger charge is 2.29. The molecular formula is C17H23N3O4. The highest BCUT2D eigenvalue weighted by molar-refractivity contribution is 5.94. The van der Waals surface area contributed by atoms with E-state index >= 15 is 0 Å². The molecule has 7 nitrogen and oxygen atoms in total. The largest absolute Gasteiger partial charge is 0.481 e. The molecule has 2 rings (SSSR count). The number of carbonyl (C=O) groups excluding carboxylic acids is 2. The van der Waals surface area contributed by atoms with Gasteiger partial charge in [0.1, 0.15) is 0 Å². The summed E-state index contributed by atoms with van der Waals surface area (Å²) in [6.45, 7) is 2.17. The van der Waals surface area contributed by atoms with Crippen LogP contribution in [0.4, 0.5) is 10.5 Å². The normalized spacial score (nSPS) is 14.5. The van der Waals surface area contributed by atoms with Crippen molar-refractivity contribution in [1.29, 1.82) is 0 Å². The van der Waals surface area contributed by atoms with Crippen LogP contribution < -0.4 is 16.0 Å². The lowest BCUT2D eigenvalue weighted by Crippen LogP contribution is -2.37. The Labute approximate surface area is 140 Å². The number of carboxylic acid groups (broad SMARTS) is 1. The maximum Gasteiger partial charge on any atom is 0.315 e. The van der Waals surface area contributed by atoms with Crippen LogP contribution in [0.15, 0.2) is 24.3 Å². The summed E-state index contributed by atoms with van der Waals surface area (Å²) in [5.74, 6) is -0.649. The van der Waals surface area contributed by atoms with Gasteiger partial charge in [0, 0.05) is 24.6 Å². The monoisotopic (exact) mass is 333 g/mol. The van der Waals surface area contributed by atoms with Gasteiger partial charge in [0.2, 0.25) is 5.91 Å². The van der Waals surface area contributed by atoms with Crippen LogP contribution in [0.2, 0.25) is 0 Å². The van der Waals surface area contributed by atoms with Gasteiger partial charge < -0.3 is 21.1 Å². The number of hydrogen-bond donors (Lipinski definition) is 4. The van der Waals surface area contributed by atoms with Crippen molar-refractivity contribution in [3.05, 3.63) is 29.8 Å². The Kier molecular flexibility index (Phi) is 6.17. The third-order valence-electron chi connectivity index (χ3n) is 3.83. The number of urea groups is 1. The van der Waals surface area contributed by atoms with Crippen LogP contribution in [-0.4, -0.2) is 29.6 Å². The molecule has 0 saturated heterocycles. The Bertz CT molecular complexity index is 596. The van der Waals surface area contributed by atoms with Crippen molar-refractivity contribution in [2.24, 2.45) is 5.92 Å². The molecule has 1 unspecified atom stereocenters. The summed E-state index contributed by atoms with van der Waals surface area (Å²) in [5.41, 5.74) is 1.67. The van der Waals surface area contributed by atoms with Crippen LogP contribution in [0.25, 0.3) is 0 Å². The molecule has 130 valence electrons. The van der Waals surface area contributed by atoms with Crippen molar-refractivity contribution >= 4 is 23.6 Å². The summed E-state index contributed by atoms with van der Waals surface area (Å²) >= 11 is 0. The molecule has 0 aliphatic heterocycles. The summed E-state index contributed by atoms with van der Waals surface area (Å²) in [7, 11) is 0. The smallest absolute Gasteiger partial charge is 0.315 e. The SMILES string of the molecule is CC(NC(=O)NCCCC(=O)O)c1ccc(NC(=O)C2CC2)cc1. The Balaban J connectivity index is 1.74. The molecule has 3 amide bonds. The Morgan fingerprint density at radius 3 is 2.46 bits per heavy atom. The maximum atomic E-state index is 11.7. The molecule has 0 bridgehead atoms. The van der Waals surface area contributed by atoms with Crippen LogP contribution >= 0.6 is 0 Å². The zero-order chi connectivity index (χ0) is 17.5. The van der Waals surface area contributed by atoms with Gasteiger partial charge in [-0.2, -0.15) is 0 Å². The quantitative estimate of drug-likeness (QED) is 0.547. The molecule has 1 aromatic rings. The fourth-order valence-corrected chi connectivity index (χ4v) is 2.22. The van der Waals surface area contributed by atoms with Gasteiger partial charge in [-0.3, -0.25) is 9.59 Å². The molecule has 1 fully saturated rings. The van der Waals surface area contributed by atoms with Crippen LogP contribution in [0, 0.1) is 5.92 Å². The number of carboxylic acids is 1. The highest BCUT2D eigenvalue weighted by atomic mass is 16.4. The summed E-state index contributed by atoms with van der Waals surface area (Å²) in [6, 6.07) is 6.82. The van der Waals surface area contributed by atoms with E-state index in [0.29, 0.717) is 13.0 Å². The fraction of sp³-hybridized carbons (Fsp3) is 0.471. The molecule has 4 N–H and O–H groups in total. The summed E-state index contributed by atoms with van der Waals surface area (Å²) in [4.78, 5) is 33.8. The van der Waals surface area contributed by atoms with Gasteiger partial charge in [-0.25, -0.2) is 4.79 Å². The van der Waals surface area contributed by atoms with E-state index in [9.17, 15) is 14.4 Å². The van der Waals surface area contributed by atoms with E-state index in [1.165, 1.54) is 0 Å². The number of anilines is 1. The third-order valence-corrected chi connectivity index (χ3v) is 3.83. The van der Waals surface area contributed by atoms with Gasteiger partial charge in [0.25, 0.3) is 0 Å². The van der Waals surface area contributed by atoms with Crippen molar-refractivity contribution in [3.8, 4) is 0 Å². The van der Waals surface area contributed by atoms with E-state index in [4.69, 9.17) is 5.11 Å². The van der Waals surface area contributed by atoms with Gasteiger partial charge >= 0.3 is 12.0 Å². The number of benzene rings is 1. The minimum atomic E-state index is -0.876. The lowest BCUT2D eigenvalue weighted by molar-refractivity contribution is -0.137. The molecule has 7 heteroatoms. The topological polar surface area (TPSA) is 108 Å². The van der Waals surface area contributed by atoms with Crippen molar-refractivity contribution in [1.82, 2.24) is 10.6 Å². The second-order valence-corrected chi connectivity index (χ2v) is 6.00. The highest BCUT2D eigenvalue weighted by Crippen LogP contribution is 2.30. The summed E-state index contributed by atoms with van der Waals surface area (Å²) in [5, 5.41) is 16.8. The average molecular weight is 333 g/mol. The number of amides is 3. The predicted octanol–water partition coefficient (Wildman–Crippen LogP) is 2.26. The first-order chi connectivity index (χ1) is 11.5. The average Bonchev–Trinajstić information content (AvgIpc) is 3.37. The lowest BCUT2D eigenvalue weighted by atomic mass is 10.1. The van der Waals surface area contributed by atoms with Crippen LogP contribution in [0.1, 0.15) is 44.2 Å². The maximum absolute atomic E-state index is 11.7. The van der Waals surface area contributed by atoms with Gasteiger partial charge in [0.05, 0.1) is 6.04 Å². The molecule has 1 aliphatic carbocycles. The Morgan fingerprint density at radius 2 is 1.88 bits per heavy atom. The number of hydrogen-bond acceptors (Lipinski definition) is 3. The minimum absolute atomic E-state index is 0.0316. The number of aliphatic carboxylic acids is 1. The van der Waals surface area contributed by atoms with Crippen molar-refractivity contribution in [2.45, 2.75) is 38.6 Å². The first-order valence-electron chi connectivity index (χ1n) is 8.12. The first-order valence-corrected chi connectivity index (χ1v) is 8.12. The van der Waals surface area contributed by atoms with Gasteiger partial charge in [0.15, 0.2) is 0 Å². The minimum Gasteiger partial charge on any atom is -0.481 e. The Hall–Kier alpha value is -2.57. The molecule has 0 heterocycles. The van der Waals surface area contributed by atoms with E-state index < -0.39 is 5.97 Å². The van der Waals surface area contributed by atoms with Crippen molar-refractivity contribution in [3.63, 3.8) is 0 Å². The molecule has 1 atom stereocenters. The number of carbonyl (C=O) groups is 3. The zero-order valence-corrected chi connectivity index (χ0v) is 13.7. The molecule has 0 radical (unpaired) electrons. The lowest BCUT2D eigenvalue weighted by Gasteiger charge is -2.15. The first kappa shape index (κ1) is 17.8. The van der Waals surface area contributed by atoms with Gasteiger partial charge in [-0.1, -0.05) is 12.1 Å². The molecule has 0 spiro atoms. The molecule has 0 aromatic heterocycles. The second-order valence-electron chi connectivity index (χ2n) is 6.00. The summed E-state index contributed by atoms with van der Waals surface area (Å²) < 4.78 is 0. The standard InChI is InChI=1S/C17H23N3O4/c1-11(19-17(24)18-10-2-3-15(21)22)12-6-8-14(9-7-12)20-16(23)13-4-5-13/h6-9,11,13H,2-5,10H2,1H3,(H,20,23)(H,21,22)(H2,18,19,24). The fourth-order valence-electron chi connectivity index (χ4n) is 2.22. The predicted molar refractivity (Wildman–Crippen MR) is 89.6 cm³/mol. The molecule has 1 saturated carbocycles.